The van der Waals surface area contributed by atoms with Gasteiger partial charge in [-0.1, -0.05) is 13.8 Å². The minimum absolute atomic E-state index is 0.0609. The van der Waals surface area contributed by atoms with Gasteiger partial charge in [-0.05, 0) is 45.0 Å². The number of aromatic amines is 1. The molecule has 1 aromatic carbocycles. The molecule has 10 nitrogen and oxygen atoms in total. The Labute approximate surface area is 187 Å². The largest absolute Gasteiger partial charge is 0.493 e. The van der Waals surface area contributed by atoms with E-state index in [1.165, 1.54) is 12.1 Å². The minimum Gasteiger partial charge on any atom is -0.493 e. The van der Waals surface area contributed by atoms with E-state index >= 15 is 0 Å². The molecule has 0 bridgehead atoms. The highest BCUT2D eigenvalue weighted by Gasteiger charge is 2.20. The summed E-state index contributed by atoms with van der Waals surface area (Å²) in [5, 5.41) is 7.66. The fraction of sp³-hybridized carbons (Fsp3) is 0.476. The molecule has 11 heteroatoms. The lowest BCUT2D eigenvalue weighted by Gasteiger charge is -2.13. The first kappa shape index (κ1) is 23.9. The van der Waals surface area contributed by atoms with Gasteiger partial charge in [0.05, 0.1) is 22.8 Å². The second-order valence-corrected chi connectivity index (χ2v) is 9.04. The molecule has 0 unspecified atom stereocenters. The molecule has 0 saturated heterocycles. The fourth-order valence-corrected chi connectivity index (χ4v) is 4.48. The summed E-state index contributed by atoms with van der Waals surface area (Å²) >= 11 is 0. The maximum atomic E-state index is 12.8. The molecule has 0 aliphatic carbocycles. The van der Waals surface area contributed by atoms with E-state index < -0.39 is 10.0 Å². The second kappa shape index (κ2) is 10.2. The summed E-state index contributed by atoms with van der Waals surface area (Å²) in [5.74, 6) is 1.32. The van der Waals surface area contributed by atoms with Crippen LogP contribution in [0.1, 0.15) is 38.7 Å². The summed E-state index contributed by atoms with van der Waals surface area (Å²) in [5.41, 5.74) is 1.01. The third-order valence-electron chi connectivity index (χ3n) is 4.88. The Morgan fingerprint density at radius 3 is 2.69 bits per heavy atom. The van der Waals surface area contributed by atoms with Crippen LogP contribution in [-0.2, 0) is 16.4 Å². The SMILES string of the molecule is CCCc1nc(C)c2c(=O)[nH][14c](-c3cc(S(=O)(=O)NCCNCC)ccc3OCC)nn12. The molecule has 0 atom stereocenters. The standard InChI is InChI=1S/C21H30N6O4S/c1-5-8-18-24-14(4)19-21(28)25-20(26-27(18)19)16-13-15(9-10-17(16)31-7-3)32(29,30)23-12-11-22-6-2/h9-10,13,22-23H,5-8,11-12H2,1-4H3,(H,25,26,28)/i20+2. The Morgan fingerprint density at radius 1 is 1.22 bits per heavy atom. The quantitative estimate of drug-likeness (QED) is 0.368. The molecule has 0 spiro atoms. The Bertz CT molecular complexity index is 1250. The summed E-state index contributed by atoms with van der Waals surface area (Å²) in [6, 6.07) is 4.52. The fourth-order valence-electron chi connectivity index (χ4n) is 3.42. The molecule has 0 aliphatic rings. The molecule has 0 amide bonds. The van der Waals surface area contributed by atoms with Gasteiger partial charge < -0.3 is 15.0 Å². The number of benzene rings is 1. The van der Waals surface area contributed by atoms with Gasteiger partial charge in [-0.25, -0.2) is 22.6 Å². The molecule has 3 rings (SSSR count). The summed E-state index contributed by atoms with van der Waals surface area (Å²) < 4.78 is 35.4. The van der Waals surface area contributed by atoms with Crippen molar-refractivity contribution in [1.82, 2.24) is 29.6 Å². The number of sulfonamides is 1. The number of rotatable bonds is 11. The normalized spacial score (nSPS) is 11.9. The maximum Gasteiger partial charge on any atom is 0.277 e. The number of hydrogen-bond donors (Lipinski definition) is 3. The zero-order chi connectivity index (χ0) is 23.3. The third kappa shape index (κ3) is 5.00. The van der Waals surface area contributed by atoms with Crippen LogP contribution < -0.4 is 20.3 Å². The molecule has 2 aromatic heterocycles. The number of likely N-dealkylation sites (N-methyl/N-ethyl adjacent to an activating group) is 1. The first-order valence-electron chi connectivity index (χ1n) is 10.8. The molecule has 0 fully saturated rings. The van der Waals surface area contributed by atoms with Crippen LogP contribution in [0.15, 0.2) is 27.9 Å². The predicted molar refractivity (Wildman–Crippen MR) is 123 cm³/mol. The lowest BCUT2D eigenvalue weighted by atomic mass is 10.3. The highest BCUT2D eigenvalue weighted by atomic mass is 32.2. The Kier molecular flexibility index (Phi) is 7.64. The van der Waals surface area contributed by atoms with Crippen molar-refractivity contribution in [1.29, 1.82) is 0 Å². The van der Waals surface area contributed by atoms with Crippen molar-refractivity contribution in [3.63, 3.8) is 0 Å². The van der Waals surface area contributed by atoms with Crippen LogP contribution >= 0.6 is 0 Å². The average Bonchev–Trinajstić information content (AvgIpc) is 3.07. The average molecular weight is 465 g/mol. The minimum atomic E-state index is -3.75. The molecule has 32 heavy (non-hydrogen) atoms. The van der Waals surface area contributed by atoms with E-state index in [1.807, 2.05) is 20.8 Å². The van der Waals surface area contributed by atoms with Crippen LogP contribution in [0.25, 0.3) is 16.9 Å². The van der Waals surface area contributed by atoms with Gasteiger partial charge in [0.15, 0.2) is 11.3 Å². The van der Waals surface area contributed by atoms with Gasteiger partial charge >= 0.3 is 0 Å². The van der Waals surface area contributed by atoms with E-state index in [2.05, 4.69) is 25.1 Å². The molecule has 0 radical (unpaired) electrons. The molecule has 3 N–H and O–H groups in total. The molecular weight excluding hydrogens is 434 g/mol. The molecular formula is C21H30N6O4S. The van der Waals surface area contributed by atoms with E-state index in [4.69, 9.17) is 4.74 Å². The molecule has 0 saturated carbocycles. The summed E-state index contributed by atoms with van der Waals surface area (Å²) in [4.78, 5) is 20.1. The number of ether oxygens (including phenoxy) is 1. The summed E-state index contributed by atoms with van der Waals surface area (Å²) in [6.07, 6.45) is 1.51. The summed E-state index contributed by atoms with van der Waals surface area (Å²) in [7, 11) is -3.75. The number of hydrogen-bond acceptors (Lipinski definition) is 7. The second-order valence-electron chi connectivity index (χ2n) is 7.27. The van der Waals surface area contributed by atoms with Gasteiger partial charge in [-0.3, -0.25) is 4.79 Å². The van der Waals surface area contributed by atoms with Crippen LogP contribution in [0.4, 0.5) is 0 Å². The predicted octanol–water partition coefficient (Wildman–Crippen LogP) is 1.63. The number of aromatic nitrogens is 4. The van der Waals surface area contributed by atoms with Crippen molar-refractivity contribution in [2.75, 3.05) is 26.2 Å². The van der Waals surface area contributed by atoms with E-state index in [1.54, 1.807) is 17.5 Å². The van der Waals surface area contributed by atoms with Crippen molar-refractivity contribution in [2.45, 2.75) is 45.4 Å². The monoisotopic (exact) mass is 464 g/mol. The zero-order valence-corrected chi connectivity index (χ0v) is 19.7. The first-order valence-corrected chi connectivity index (χ1v) is 12.3. The maximum absolute atomic E-state index is 12.8. The van der Waals surface area contributed by atoms with Crippen molar-refractivity contribution < 1.29 is 13.2 Å². The molecule has 3 aromatic rings. The Hall–Kier alpha value is -2.76. The van der Waals surface area contributed by atoms with Gasteiger partial charge in [0.2, 0.25) is 10.0 Å². The number of aryl methyl sites for hydroxylation is 2. The van der Waals surface area contributed by atoms with Crippen LogP contribution in [0, 0.1) is 6.92 Å². The number of nitrogens with zero attached hydrogens (tertiary/aromatic N) is 3. The van der Waals surface area contributed by atoms with Gasteiger partial charge in [0.25, 0.3) is 5.56 Å². The Balaban J connectivity index is 2.11. The van der Waals surface area contributed by atoms with Crippen LogP contribution in [-0.4, -0.2) is 54.2 Å². The highest BCUT2D eigenvalue weighted by molar-refractivity contribution is 7.89. The zero-order valence-electron chi connectivity index (χ0n) is 18.9. The topological polar surface area (TPSA) is 130 Å². The number of H-pyrrole nitrogens is 1. The summed E-state index contributed by atoms with van der Waals surface area (Å²) in [6.45, 7) is 9.47. The number of imidazole rings is 1. The van der Waals surface area contributed by atoms with Crippen LogP contribution in [0.3, 0.4) is 0 Å². The van der Waals surface area contributed by atoms with Crippen molar-refractivity contribution in [3.8, 4) is 17.1 Å². The number of fused-ring (bicyclic) bond motifs is 1. The van der Waals surface area contributed by atoms with E-state index in [0.717, 1.165) is 13.0 Å². The smallest absolute Gasteiger partial charge is 0.277 e. The molecule has 0 aliphatic heterocycles. The van der Waals surface area contributed by atoms with Gasteiger partial charge in [-0.15, -0.1) is 5.10 Å². The van der Waals surface area contributed by atoms with Crippen LogP contribution in [0.2, 0.25) is 0 Å². The molecule has 174 valence electrons. The van der Waals surface area contributed by atoms with Crippen LogP contribution in [0.5, 0.6) is 5.75 Å². The first-order chi connectivity index (χ1) is 15.3. The van der Waals surface area contributed by atoms with E-state index in [0.29, 0.717) is 47.9 Å². The third-order valence-corrected chi connectivity index (χ3v) is 6.34. The van der Waals surface area contributed by atoms with E-state index in [9.17, 15) is 13.2 Å². The molecule has 2 heterocycles. The van der Waals surface area contributed by atoms with Crippen molar-refractivity contribution >= 4 is 15.5 Å². The van der Waals surface area contributed by atoms with Crippen molar-refractivity contribution in [2.24, 2.45) is 0 Å². The lowest BCUT2D eigenvalue weighted by molar-refractivity contribution is 0.341. The lowest BCUT2D eigenvalue weighted by Crippen LogP contribution is -2.31. The van der Waals surface area contributed by atoms with Crippen molar-refractivity contribution in [3.05, 3.63) is 40.1 Å². The highest BCUT2D eigenvalue weighted by Crippen LogP contribution is 2.30. The van der Waals surface area contributed by atoms with E-state index in [-0.39, 0.29) is 22.8 Å². The number of nitrogens with one attached hydrogen (secondary N) is 3. The van der Waals surface area contributed by atoms with Gasteiger partial charge in [-0.2, -0.15) is 0 Å². The Morgan fingerprint density at radius 2 is 2.00 bits per heavy atom. The van der Waals surface area contributed by atoms with Gasteiger partial charge in [0.1, 0.15) is 11.6 Å². The van der Waals surface area contributed by atoms with Gasteiger partial charge in [0, 0.05) is 19.5 Å².